The predicted molar refractivity (Wildman–Crippen MR) is 76.9 cm³/mol. The molecule has 0 unspecified atom stereocenters. The van der Waals surface area contributed by atoms with E-state index < -0.39 is 5.92 Å². The van der Waals surface area contributed by atoms with E-state index in [1.54, 1.807) is 18.3 Å². The molecule has 4 nitrogen and oxygen atoms in total. The SMILES string of the molecule is OCc1cc2cnc(Cl)cc2c(N2CCC(F)(F)CC2)n1. The third-order valence-electron chi connectivity index (χ3n) is 3.67. The summed E-state index contributed by atoms with van der Waals surface area (Å²) >= 11 is 5.92. The summed E-state index contributed by atoms with van der Waals surface area (Å²) in [6.07, 6.45) is 1.21. The van der Waals surface area contributed by atoms with Gasteiger partial charge in [0.05, 0.1) is 12.3 Å². The molecule has 0 bridgehead atoms. The number of hydrogen-bond donors (Lipinski definition) is 1. The number of fused-ring (bicyclic) bond motifs is 1. The lowest BCUT2D eigenvalue weighted by Crippen LogP contribution is -2.40. The highest BCUT2D eigenvalue weighted by Crippen LogP contribution is 2.33. The molecule has 0 amide bonds. The van der Waals surface area contributed by atoms with Crippen LogP contribution >= 0.6 is 11.6 Å². The summed E-state index contributed by atoms with van der Waals surface area (Å²) < 4.78 is 26.6. The average molecular weight is 314 g/mol. The third kappa shape index (κ3) is 2.91. The number of alkyl halides is 2. The molecule has 3 heterocycles. The molecule has 0 spiro atoms. The number of aliphatic hydroxyl groups excluding tert-OH is 1. The number of anilines is 1. The first-order valence-electron chi connectivity index (χ1n) is 6.67. The molecule has 112 valence electrons. The Hall–Kier alpha value is -1.53. The first-order valence-corrected chi connectivity index (χ1v) is 7.05. The van der Waals surface area contributed by atoms with E-state index in [9.17, 15) is 13.9 Å². The number of pyridine rings is 2. The van der Waals surface area contributed by atoms with Crippen LogP contribution in [-0.2, 0) is 6.61 Å². The average Bonchev–Trinajstić information content (AvgIpc) is 2.46. The molecular formula is C14H14ClF2N3O. The van der Waals surface area contributed by atoms with E-state index in [0.717, 1.165) is 10.8 Å². The minimum absolute atomic E-state index is 0.196. The van der Waals surface area contributed by atoms with Gasteiger partial charge in [-0.05, 0) is 12.1 Å². The second-order valence-electron chi connectivity index (χ2n) is 5.17. The Morgan fingerprint density at radius 3 is 2.67 bits per heavy atom. The molecule has 1 N–H and O–H groups in total. The van der Waals surface area contributed by atoms with Crippen molar-refractivity contribution in [2.24, 2.45) is 0 Å². The van der Waals surface area contributed by atoms with E-state index >= 15 is 0 Å². The Bertz CT molecular complexity index is 671. The van der Waals surface area contributed by atoms with Gasteiger partial charge in [-0.1, -0.05) is 11.6 Å². The van der Waals surface area contributed by atoms with Crippen molar-refractivity contribution in [2.45, 2.75) is 25.4 Å². The Kier molecular flexibility index (Phi) is 3.67. The number of nitrogens with zero attached hydrogens (tertiary/aromatic N) is 3. The molecule has 2 aromatic heterocycles. The minimum Gasteiger partial charge on any atom is -0.390 e. The van der Waals surface area contributed by atoms with E-state index in [2.05, 4.69) is 9.97 Å². The number of aliphatic hydroxyl groups is 1. The second-order valence-corrected chi connectivity index (χ2v) is 5.55. The van der Waals surface area contributed by atoms with Gasteiger partial charge in [0.15, 0.2) is 0 Å². The Morgan fingerprint density at radius 1 is 1.29 bits per heavy atom. The molecule has 1 fully saturated rings. The van der Waals surface area contributed by atoms with Gasteiger partial charge in [0.25, 0.3) is 5.92 Å². The molecule has 21 heavy (non-hydrogen) atoms. The minimum atomic E-state index is -2.61. The number of hydrogen-bond acceptors (Lipinski definition) is 4. The number of halogens is 3. The van der Waals surface area contributed by atoms with Crippen molar-refractivity contribution < 1.29 is 13.9 Å². The van der Waals surface area contributed by atoms with Crippen LogP contribution in [0.4, 0.5) is 14.6 Å². The summed E-state index contributed by atoms with van der Waals surface area (Å²) in [6.45, 7) is 0.239. The van der Waals surface area contributed by atoms with E-state index in [-0.39, 0.29) is 32.5 Å². The lowest BCUT2D eigenvalue weighted by molar-refractivity contribution is -0.0221. The quantitative estimate of drug-likeness (QED) is 0.866. The van der Waals surface area contributed by atoms with Gasteiger partial charge in [-0.15, -0.1) is 0 Å². The van der Waals surface area contributed by atoms with Crippen LogP contribution in [0.25, 0.3) is 10.8 Å². The summed E-state index contributed by atoms with van der Waals surface area (Å²) in [7, 11) is 0. The fourth-order valence-corrected chi connectivity index (χ4v) is 2.68. The van der Waals surface area contributed by atoms with Crippen molar-refractivity contribution in [2.75, 3.05) is 18.0 Å². The highest BCUT2D eigenvalue weighted by Gasteiger charge is 2.34. The zero-order chi connectivity index (χ0) is 15.0. The Labute approximate surface area is 125 Å². The van der Waals surface area contributed by atoms with E-state index in [0.29, 0.717) is 16.7 Å². The summed E-state index contributed by atoms with van der Waals surface area (Å²) in [5, 5.41) is 11.2. The summed E-state index contributed by atoms with van der Waals surface area (Å²) in [6, 6.07) is 3.40. The lowest BCUT2D eigenvalue weighted by Gasteiger charge is -2.33. The standard InChI is InChI=1S/C14H14ClF2N3O/c15-12-6-11-9(7-18-12)5-10(8-21)19-13(11)20-3-1-14(16,17)2-4-20/h5-7,21H,1-4,8H2. The third-order valence-corrected chi connectivity index (χ3v) is 3.88. The van der Waals surface area contributed by atoms with Gasteiger partial charge in [-0.2, -0.15) is 0 Å². The van der Waals surface area contributed by atoms with Gasteiger partial charge in [0.2, 0.25) is 0 Å². The van der Waals surface area contributed by atoms with E-state index in [4.69, 9.17) is 11.6 Å². The van der Waals surface area contributed by atoms with E-state index in [1.165, 1.54) is 0 Å². The molecule has 1 aliphatic rings. The maximum absolute atomic E-state index is 13.3. The van der Waals surface area contributed by atoms with Crippen molar-refractivity contribution in [1.29, 1.82) is 0 Å². The van der Waals surface area contributed by atoms with Crippen molar-refractivity contribution in [1.82, 2.24) is 9.97 Å². The summed E-state index contributed by atoms with van der Waals surface area (Å²) in [4.78, 5) is 10.2. The lowest BCUT2D eigenvalue weighted by atomic mass is 10.1. The van der Waals surface area contributed by atoms with Crippen LogP contribution < -0.4 is 4.90 Å². The molecule has 0 saturated carbocycles. The van der Waals surface area contributed by atoms with Crippen LogP contribution in [0.2, 0.25) is 5.15 Å². The normalized spacial score (nSPS) is 18.2. The molecule has 1 aliphatic heterocycles. The molecule has 1 saturated heterocycles. The molecule has 7 heteroatoms. The zero-order valence-corrected chi connectivity index (χ0v) is 11.9. The van der Waals surface area contributed by atoms with Gasteiger partial charge in [-0.25, -0.2) is 18.7 Å². The van der Waals surface area contributed by atoms with Crippen molar-refractivity contribution in [3.05, 3.63) is 29.2 Å². The van der Waals surface area contributed by atoms with E-state index in [1.807, 2.05) is 4.90 Å². The first kappa shape index (κ1) is 14.4. The van der Waals surface area contributed by atoms with Crippen LogP contribution in [0.15, 0.2) is 18.3 Å². The number of piperidine rings is 1. The van der Waals surface area contributed by atoms with Crippen LogP contribution in [0.1, 0.15) is 18.5 Å². The van der Waals surface area contributed by atoms with Crippen LogP contribution in [0.3, 0.4) is 0 Å². The highest BCUT2D eigenvalue weighted by atomic mass is 35.5. The fourth-order valence-electron chi connectivity index (χ4n) is 2.52. The van der Waals surface area contributed by atoms with Crippen LogP contribution in [0, 0.1) is 0 Å². The molecule has 0 aromatic carbocycles. The van der Waals surface area contributed by atoms with Gasteiger partial charge in [0, 0.05) is 42.9 Å². The predicted octanol–water partition coefficient (Wildman–Crippen LogP) is 3.01. The van der Waals surface area contributed by atoms with Gasteiger partial charge >= 0.3 is 0 Å². The molecule has 0 atom stereocenters. The van der Waals surface area contributed by atoms with Crippen molar-refractivity contribution >= 4 is 28.2 Å². The molecule has 0 radical (unpaired) electrons. The fraction of sp³-hybridized carbons (Fsp3) is 0.429. The highest BCUT2D eigenvalue weighted by molar-refractivity contribution is 6.30. The Balaban J connectivity index is 2.06. The molecule has 0 aliphatic carbocycles. The second kappa shape index (κ2) is 5.35. The zero-order valence-electron chi connectivity index (χ0n) is 11.2. The number of rotatable bonds is 2. The van der Waals surface area contributed by atoms with Crippen molar-refractivity contribution in [3.8, 4) is 0 Å². The largest absolute Gasteiger partial charge is 0.390 e. The first-order chi connectivity index (χ1) is 9.98. The monoisotopic (exact) mass is 313 g/mol. The summed E-state index contributed by atoms with van der Waals surface area (Å²) in [5.41, 5.74) is 0.485. The molecular weight excluding hydrogens is 300 g/mol. The smallest absolute Gasteiger partial charge is 0.251 e. The van der Waals surface area contributed by atoms with Crippen LogP contribution in [-0.4, -0.2) is 34.1 Å². The van der Waals surface area contributed by atoms with Crippen molar-refractivity contribution in [3.63, 3.8) is 0 Å². The maximum atomic E-state index is 13.3. The number of aromatic nitrogens is 2. The van der Waals surface area contributed by atoms with Crippen LogP contribution in [0.5, 0.6) is 0 Å². The van der Waals surface area contributed by atoms with Gasteiger partial charge < -0.3 is 10.0 Å². The molecule has 2 aromatic rings. The maximum Gasteiger partial charge on any atom is 0.251 e. The van der Waals surface area contributed by atoms with Gasteiger partial charge in [0.1, 0.15) is 11.0 Å². The summed E-state index contributed by atoms with van der Waals surface area (Å²) in [5.74, 6) is -2.03. The molecule has 3 rings (SSSR count). The topological polar surface area (TPSA) is 49.3 Å². The Morgan fingerprint density at radius 2 is 2.00 bits per heavy atom. The van der Waals surface area contributed by atoms with Gasteiger partial charge in [-0.3, -0.25) is 0 Å².